The highest BCUT2D eigenvalue weighted by Gasteiger charge is 2.29. The van der Waals surface area contributed by atoms with Crippen molar-refractivity contribution in [2.24, 2.45) is 0 Å². The van der Waals surface area contributed by atoms with E-state index in [0.717, 1.165) is 60.3 Å². The van der Waals surface area contributed by atoms with Crippen LogP contribution >= 0.6 is 0 Å². The summed E-state index contributed by atoms with van der Waals surface area (Å²) in [6.45, 7) is 4.30. The van der Waals surface area contributed by atoms with E-state index in [4.69, 9.17) is 0 Å². The van der Waals surface area contributed by atoms with E-state index in [9.17, 15) is 9.59 Å². The molecule has 4 heterocycles. The number of aromatic nitrogens is 3. The molecule has 0 aliphatic carbocycles. The molecule has 0 atom stereocenters. The SMILES string of the molecule is Cc1cccc2c1CCN2C(=O)c1cc(N2CCC(c3cc4ccccc4[nH]c3=O)CC2)ncn1. The highest BCUT2D eigenvalue weighted by Crippen LogP contribution is 2.32. The molecule has 1 amide bonds. The molecule has 7 nitrogen and oxygen atoms in total. The van der Waals surface area contributed by atoms with E-state index in [1.165, 1.54) is 17.5 Å². The van der Waals surface area contributed by atoms with Gasteiger partial charge in [-0.25, -0.2) is 9.97 Å². The van der Waals surface area contributed by atoms with E-state index in [1.807, 2.05) is 47.4 Å². The third-order valence-corrected chi connectivity index (χ3v) is 7.42. The molecule has 0 unspecified atom stereocenters. The highest BCUT2D eigenvalue weighted by atomic mass is 16.2. The Labute approximate surface area is 203 Å². The number of pyridine rings is 1. The summed E-state index contributed by atoms with van der Waals surface area (Å²) in [6.07, 6.45) is 4.06. The van der Waals surface area contributed by atoms with Crippen LogP contribution in [-0.2, 0) is 6.42 Å². The lowest BCUT2D eigenvalue weighted by molar-refractivity contribution is 0.0984. The molecule has 1 saturated heterocycles. The third kappa shape index (κ3) is 3.87. The van der Waals surface area contributed by atoms with E-state index < -0.39 is 0 Å². The number of piperidine rings is 1. The average molecular weight is 466 g/mol. The Morgan fingerprint density at radius 2 is 1.83 bits per heavy atom. The van der Waals surface area contributed by atoms with Gasteiger partial charge in [-0.05, 0) is 66.8 Å². The van der Waals surface area contributed by atoms with Crippen molar-refractivity contribution in [1.29, 1.82) is 0 Å². The Balaban J connectivity index is 1.18. The van der Waals surface area contributed by atoms with Crippen LogP contribution < -0.4 is 15.4 Å². The Kier molecular flexibility index (Phi) is 5.32. The fourth-order valence-electron chi connectivity index (χ4n) is 5.48. The number of nitrogens with one attached hydrogen (secondary N) is 1. The summed E-state index contributed by atoms with van der Waals surface area (Å²) in [5, 5.41) is 1.06. The Hall–Kier alpha value is -4.00. The smallest absolute Gasteiger partial charge is 0.277 e. The predicted molar refractivity (Wildman–Crippen MR) is 137 cm³/mol. The van der Waals surface area contributed by atoms with Crippen LogP contribution in [0.1, 0.15) is 45.9 Å². The average Bonchev–Trinajstić information content (AvgIpc) is 3.34. The van der Waals surface area contributed by atoms with Crippen molar-refractivity contribution in [1.82, 2.24) is 15.0 Å². The number of carbonyl (C=O) groups is 1. The summed E-state index contributed by atoms with van der Waals surface area (Å²) < 4.78 is 0. The second-order valence-corrected chi connectivity index (χ2v) is 9.44. The van der Waals surface area contributed by atoms with Crippen molar-refractivity contribution in [3.05, 3.63) is 93.7 Å². The van der Waals surface area contributed by atoms with Crippen LogP contribution in [0.4, 0.5) is 11.5 Å². The summed E-state index contributed by atoms with van der Waals surface area (Å²) in [7, 11) is 0. The molecule has 6 rings (SSSR count). The zero-order valence-corrected chi connectivity index (χ0v) is 19.7. The molecule has 176 valence electrons. The molecule has 1 N–H and O–H groups in total. The van der Waals surface area contributed by atoms with Crippen molar-refractivity contribution in [3.63, 3.8) is 0 Å². The molecule has 0 bridgehead atoms. The van der Waals surface area contributed by atoms with Crippen molar-refractivity contribution in [2.75, 3.05) is 29.4 Å². The number of hydrogen-bond acceptors (Lipinski definition) is 5. The predicted octanol–water partition coefficient (Wildman–Crippen LogP) is 4.21. The van der Waals surface area contributed by atoms with Gasteiger partial charge in [-0.2, -0.15) is 0 Å². The molecule has 4 aromatic rings. The first-order valence-electron chi connectivity index (χ1n) is 12.2. The maximum absolute atomic E-state index is 13.3. The lowest BCUT2D eigenvalue weighted by Crippen LogP contribution is -2.35. The van der Waals surface area contributed by atoms with E-state index in [2.05, 4.69) is 32.8 Å². The van der Waals surface area contributed by atoms with Crippen molar-refractivity contribution in [2.45, 2.75) is 32.1 Å². The number of amides is 1. The topological polar surface area (TPSA) is 82.2 Å². The van der Waals surface area contributed by atoms with Gasteiger partial charge in [0.05, 0.1) is 0 Å². The van der Waals surface area contributed by atoms with E-state index in [0.29, 0.717) is 12.2 Å². The molecule has 7 heteroatoms. The number of para-hydroxylation sites is 1. The summed E-state index contributed by atoms with van der Waals surface area (Å²) in [6, 6.07) is 17.8. The van der Waals surface area contributed by atoms with Gasteiger partial charge in [0, 0.05) is 42.5 Å². The zero-order valence-electron chi connectivity index (χ0n) is 19.7. The van der Waals surface area contributed by atoms with Crippen LogP contribution in [-0.4, -0.2) is 40.5 Å². The van der Waals surface area contributed by atoms with Gasteiger partial charge in [0.25, 0.3) is 11.5 Å². The number of nitrogens with zero attached hydrogens (tertiary/aromatic N) is 4. The minimum absolute atomic E-state index is 0.00167. The highest BCUT2D eigenvalue weighted by molar-refractivity contribution is 6.06. The van der Waals surface area contributed by atoms with Gasteiger partial charge in [0.2, 0.25) is 0 Å². The summed E-state index contributed by atoms with van der Waals surface area (Å²) in [5.74, 6) is 0.875. The normalized spacial score (nSPS) is 16.0. The number of aryl methyl sites for hydroxylation is 1. The zero-order chi connectivity index (χ0) is 23.9. The number of benzene rings is 2. The van der Waals surface area contributed by atoms with Crippen LogP contribution in [0.2, 0.25) is 0 Å². The van der Waals surface area contributed by atoms with Gasteiger partial charge in [-0.15, -0.1) is 0 Å². The molecule has 2 aliphatic heterocycles. The van der Waals surface area contributed by atoms with E-state index in [1.54, 1.807) is 6.07 Å². The number of carbonyl (C=O) groups excluding carboxylic acids is 1. The summed E-state index contributed by atoms with van der Waals surface area (Å²) in [4.78, 5) is 41.8. The first-order chi connectivity index (χ1) is 17.1. The van der Waals surface area contributed by atoms with Crippen LogP contribution in [0.5, 0.6) is 0 Å². The molecule has 2 aromatic heterocycles. The third-order valence-electron chi connectivity index (χ3n) is 7.42. The first-order valence-corrected chi connectivity index (χ1v) is 12.2. The number of rotatable bonds is 3. The molecular formula is C28H27N5O2. The molecule has 0 radical (unpaired) electrons. The number of hydrogen-bond donors (Lipinski definition) is 1. The van der Waals surface area contributed by atoms with Gasteiger partial charge in [-0.3, -0.25) is 9.59 Å². The quantitative estimate of drug-likeness (QED) is 0.490. The molecule has 0 saturated carbocycles. The van der Waals surface area contributed by atoms with Crippen molar-refractivity contribution in [3.8, 4) is 0 Å². The lowest BCUT2D eigenvalue weighted by atomic mass is 9.89. The number of H-pyrrole nitrogens is 1. The van der Waals surface area contributed by atoms with E-state index in [-0.39, 0.29) is 17.4 Å². The van der Waals surface area contributed by atoms with Crippen LogP contribution in [0.15, 0.2) is 65.7 Å². The summed E-state index contributed by atoms with van der Waals surface area (Å²) >= 11 is 0. The Bertz CT molecular complexity index is 1490. The van der Waals surface area contributed by atoms with Gasteiger partial charge >= 0.3 is 0 Å². The number of anilines is 2. The first kappa shape index (κ1) is 21.5. The second-order valence-electron chi connectivity index (χ2n) is 9.44. The molecule has 2 aliphatic rings. The number of aromatic amines is 1. The monoisotopic (exact) mass is 465 g/mol. The maximum atomic E-state index is 13.3. The minimum Gasteiger partial charge on any atom is -0.356 e. The van der Waals surface area contributed by atoms with Gasteiger partial charge in [0.15, 0.2) is 0 Å². The largest absolute Gasteiger partial charge is 0.356 e. The molecule has 0 spiro atoms. The van der Waals surface area contributed by atoms with Gasteiger partial charge in [0.1, 0.15) is 17.8 Å². The molecule has 1 fully saturated rings. The lowest BCUT2D eigenvalue weighted by Gasteiger charge is -2.32. The summed E-state index contributed by atoms with van der Waals surface area (Å²) in [5.41, 5.74) is 5.57. The van der Waals surface area contributed by atoms with Crippen molar-refractivity contribution >= 4 is 28.3 Å². The Morgan fingerprint density at radius 1 is 1.00 bits per heavy atom. The molecule has 2 aromatic carbocycles. The standard InChI is InChI=1S/C28H27N5O2/c1-18-5-4-8-25-21(18)11-14-33(25)28(35)24-16-26(30-17-29-24)32-12-9-19(10-13-32)22-15-20-6-2-3-7-23(20)31-27(22)34/h2-8,15-17,19H,9-14H2,1H3,(H,31,34). The fourth-order valence-corrected chi connectivity index (χ4v) is 5.48. The molecule has 35 heavy (non-hydrogen) atoms. The van der Waals surface area contributed by atoms with Crippen molar-refractivity contribution < 1.29 is 4.79 Å². The number of fused-ring (bicyclic) bond motifs is 2. The van der Waals surface area contributed by atoms with Crippen LogP contribution in [0.3, 0.4) is 0 Å². The molecular weight excluding hydrogens is 438 g/mol. The van der Waals surface area contributed by atoms with Gasteiger partial charge < -0.3 is 14.8 Å². The minimum atomic E-state index is -0.0874. The van der Waals surface area contributed by atoms with Gasteiger partial charge in [-0.1, -0.05) is 30.3 Å². The van der Waals surface area contributed by atoms with E-state index >= 15 is 0 Å². The maximum Gasteiger partial charge on any atom is 0.277 e. The second kappa shape index (κ2) is 8.65. The Morgan fingerprint density at radius 3 is 2.69 bits per heavy atom. The van der Waals surface area contributed by atoms with Crippen LogP contribution in [0, 0.1) is 6.92 Å². The van der Waals surface area contributed by atoms with Crippen LogP contribution in [0.25, 0.3) is 10.9 Å². The fraction of sp³-hybridized carbons (Fsp3) is 0.286.